The van der Waals surface area contributed by atoms with Gasteiger partial charge in [0.15, 0.2) is 5.43 Å². The highest BCUT2D eigenvalue weighted by molar-refractivity contribution is 7.10. The predicted octanol–water partition coefficient (Wildman–Crippen LogP) is 4.28. The van der Waals surface area contributed by atoms with Crippen molar-refractivity contribution in [3.63, 3.8) is 0 Å². The number of aromatic nitrogens is 1. The minimum absolute atomic E-state index is 0.323. The molecule has 2 aromatic heterocycles. The van der Waals surface area contributed by atoms with Crippen molar-refractivity contribution in [2.75, 3.05) is 20.3 Å². The van der Waals surface area contributed by atoms with Crippen molar-refractivity contribution in [2.24, 2.45) is 0 Å². The number of hydrogen-bond acceptors (Lipinski definition) is 6. The Hall–Kier alpha value is -2.81. The fourth-order valence-corrected chi connectivity index (χ4v) is 4.22. The van der Waals surface area contributed by atoms with E-state index in [0.29, 0.717) is 47.4 Å². The highest BCUT2D eigenvalue weighted by atomic mass is 35.5. The second kappa shape index (κ2) is 8.51. The Labute approximate surface area is 181 Å². The maximum absolute atomic E-state index is 12.4. The van der Waals surface area contributed by atoms with Crippen LogP contribution in [-0.2, 0) is 4.74 Å². The van der Waals surface area contributed by atoms with E-state index in [1.807, 2.05) is 17.5 Å². The second-order valence-electron chi connectivity index (χ2n) is 6.61. The molecule has 1 N–H and O–H groups in total. The molecule has 0 bridgehead atoms. The lowest BCUT2D eigenvalue weighted by molar-refractivity contribution is 0.0693. The van der Waals surface area contributed by atoms with Gasteiger partial charge in [-0.3, -0.25) is 4.79 Å². The molecule has 0 fully saturated rings. The molecule has 156 valence electrons. The molecule has 0 spiro atoms. The quantitative estimate of drug-likeness (QED) is 0.544. The number of carboxylic acid groups (broad SMARTS) is 1. The molecule has 4 rings (SSSR count). The van der Waals surface area contributed by atoms with Gasteiger partial charge >= 0.3 is 5.97 Å². The third-order valence-corrected chi connectivity index (χ3v) is 5.85. The Morgan fingerprint density at radius 3 is 2.87 bits per heavy atom. The Kier molecular flexibility index (Phi) is 5.80. The minimum Gasteiger partial charge on any atom is -0.492 e. The van der Waals surface area contributed by atoms with Gasteiger partial charge in [0.05, 0.1) is 22.2 Å². The number of aromatic carboxylic acids is 1. The van der Waals surface area contributed by atoms with Crippen molar-refractivity contribution in [2.45, 2.75) is 12.6 Å². The van der Waals surface area contributed by atoms with Gasteiger partial charge in [0.2, 0.25) is 6.23 Å². The number of methoxy groups -OCH3 is 1. The first-order valence-electron chi connectivity index (χ1n) is 9.14. The van der Waals surface area contributed by atoms with Crippen molar-refractivity contribution in [3.8, 4) is 22.8 Å². The summed E-state index contributed by atoms with van der Waals surface area (Å²) in [5.41, 5.74) is 0.211. The first kappa shape index (κ1) is 20.5. The van der Waals surface area contributed by atoms with E-state index in [0.717, 1.165) is 4.88 Å². The summed E-state index contributed by atoms with van der Waals surface area (Å²) in [5.74, 6) is -0.319. The molecule has 1 atom stereocenters. The average molecular weight is 448 g/mol. The fraction of sp³-hybridized carbons (Fsp3) is 0.238. The van der Waals surface area contributed by atoms with Crippen LogP contribution in [0.25, 0.3) is 11.3 Å². The number of ether oxygens (including phenoxy) is 3. The van der Waals surface area contributed by atoms with Crippen LogP contribution in [0.15, 0.2) is 46.7 Å². The van der Waals surface area contributed by atoms with Gasteiger partial charge in [0, 0.05) is 44.0 Å². The van der Waals surface area contributed by atoms with Gasteiger partial charge in [-0.1, -0.05) is 17.7 Å². The van der Waals surface area contributed by atoms with Crippen LogP contribution in [0, 0.1) is 0 Å². The van der Waals surface area contributed by atoms with Crippen molar-refractivity contribution in [1.29, 1.82) is 0 Å². The zero-order chi connectivity index (χ0) is 21.3. The van der Waals surface area contributed by atoms with Gasteiger partial charge in [-0.25, -0.2) is 4.79 Å². The molecule has 7 nitrogen and oxygen atoms in total. The number of benzene rings is 1. The first-order chi connectivity index (χ1) is 14.5. The lowest BCUT2D eigenvalue weighted by atomic mass is 10.1. The number of thiophene rings is 1. The number of carbonyl (C=O) groups is 1. The minimum atomic E-state index is -1.29. The predicted molar refractivity (Wildman–Crippen MR) is 113 cm³/mol. The van der Waals surface area contributed by atoms with E-state index in [4.69, 9.17) is 25.8 Å². The molecule has 0 aliphatic carbocycles. The molecule has 3 aromatic rings. The lowest BCUT2D eigenvalue weighted by Gasteiger charge is -2.31. The molecular weight excluding hydrogens is 430 g/mol. The number of halogens is 1. The van der Waals surface area contributed by atoms with Crippen LogP contribution in [0.4, 0.5) is 0 Å². The van der Waals surface area contributed by atoms with E-state index >= 15 is 0 Å². The molecule has 0 amide bonds. The smallest absolute Gasteiger partial charge is 0.341 e. The third kappa shape index (κ3) is 3.81. The third-order valence-electron chi connectivity index (χ3n) is 4.65. The van der Waals surface area contributed by atoms with Crippen LogP contribution in [0.5, 0.6) is 11.5 Å². The highest BCUT2D eigenvalue weighted by Gasteiger charge is 2.30. The normalized spacial score (nSPS) is 14.5. The zero-order valence-corrected chi connectivity index (χ0v) is 17.5. The molecule has 9 heteroatoms. The number of rotatable bonds is 7. The summed E-state index contributed by atoms with van der Waals surface area (Å²) in [7, 11) is 1.62. The summed E-state index contributed by atoms with van der Waals surface area (Å²) >= 11 is 7.88. The van der Waals surface area contributed by atoms with E-state index in [1.54, 1.807) is 23.8 Å². The average Bonchev–Trinajstić information content (AvgIpc) is 3.25. The van der Waals surface area contributed by atoms with E-state index in [1.165, 1.54) is 23.6 Å². The first-order valence-corrected chi connectivity index (χ1v) is 10.4. The molecule has 1 aliphatic heterocycles. The Morgan fingerprint density at radius 2 is 2.17 bits per heavy atom. The maximum Gasteiger partial charge on any atom is 0.341 e. The van der Waals surface area contributed by atoms with E-state index < -0.39 is 17.6 Å². The molecular formula is C21H18ClNO6S. The summed E-state index contributed by atoms with van der Waals surface area (Å²) in [5, 5.41) is 11.7. The molecule has 30 heavy (non-hydrogen) atoms. The SMILES string of the molecule is COCCCOc1cc2c(cc1Cl)-c1cc(=O)c(C(=O)O)cn1[C@H](c1cccs1)O2. The van der Waals surface area contributed by atoms with E-state index in [9.17, 15) is 14.7 Å². The van der Waals surface area contributed by atoms with Crippen LogP contribution in [0.3, 0.4) is 0 Å². The fourth-order valence-electron chi connectivity index (χ4n) is 3.25. The van der Waals surface area contributed by atoms with Crippen LogP contribution in [-0.4, -0.2) is 36.0 Å². The van der Waals surface area contributed by atoms with Gasteiger partial charge in [-0.05, 0) is 17.5 Å². The number of fused-ring (bicyclic) bond motifs is 3. The van der Waals surface area contributed by atoms with Gasteiger partial charge in [-0.2, -0.15) is 0 Å². The summed E-state index contributed by atoms with van der Waals surface area (Å²) in [4.78, 5) is 24.7. The Balaban J connectivity index is 1.81. The Morgan fingerprint density at radius 1 is 1.33 bits per heavy atom. The van der Waals surface area contributed by atoms with Gasteiger partial charge in [0.1, 0.15) is 17.1 Å². The molecule has 3 heterocycles. The van der Waals surface area contributed by atoms with Crippen LogP contribution < -0.4 is 14.9 Å². The van der Waals surface area contributed by atoms with Gasteiger partial charge < -0.3 is 23.9 Å². The molecule has 0 unspecified atom stereocenters. The van der Waals surface area contributed by atoms with Crippen LogP contribution in [0.2, 0.25) is 5.02 Å². The number of pyridine rings is 1. The molecule has 1 aromatic carbocycles. The highest BCUT2D eigenvalue weighted by Crippen LogP contribution is 2.45. The monoisotopic (exact) mass is 447 g/mol. The summed E-state index contributed by atoms with van der Waals surface area (Å²) in [6, 6.07) is 8.44. The Bertz CT molecular complexity index is 1140. The van der Waals surface area contributed by atoms with E-state index in [2.05, 4.69) is 0 Å². The summed E-state index contributed by atoms with van der Waals surface area (Å²) in [6.45, 7) is 1.00. The number of carboxylic acids is 1. The number of hydrogen-bond donors (Lipinski definition) is 1. The van der Waals surface area contributed by atoms with Gasteiger partial charge in [0.25, 0.3) is 0 Å². The zero-order valence-electron chi connectivity index (χ0n) is 16.0. The van der Waals surface area contributed by atoms with Crippen LogP contribution in [0.1, 0.15) is 27.9 Å². The molecule has 0 saturated carbocycles. The lowest BCUT2D eigenvalue weighted by Crippen LogP contribution is -2.27. The largest absolute Gasteiger partial charge is 0.492 e. The van der Waals surface area contributed by atoms with Crippen LogP contribution >= 0.6 is 22.9 Å². The van der Waals surface area contributed by atoms with Crippen molar-refractivity contribution < 1.29 is 24.1 Å². The van der Waals surface area contributed by atoms with Crippen molar-refractivity contribution in [1.82, 2.24) is 4.57 Å². The van der Waals surface area contributed by atoms with Gasteiger partial charge in [-0.15, -0.1) is 11.3 Å². The van der Waals surface area contributed by atoms with Crippen molar-refractivity contribution >= 4 is 28.9 Å². The topological polar surface area (TPSA) is 87.0 Å². The second-order valence-corrected chi connectivity index (χ2v) is 7.99. The summed E-state index contributed by atoms with van der Waals surface area (Å²) in [6.07, 6.45) is 1.41. The van der Waals surface area contributed by atoms with E-state index in [-0.39, 0.29) is 5.56 Å². The standard InChI is InChI=1S/C21H18ClNO6S/c1-27-5-3-6-28-18-10-17-12(8-14(18)22)15-9-16(24)13(21(25)26)11-23(15)20(29-17)19-4-2-7-30-19/h2,4,7-11,20H,3,5-6H2,1H3,(H,25,26)/t20-/m0/s1. The maximum atomic E-state index is 12.4. The molecule has 1 aliphatic rings. The number of nitrogens with zero attached hydrogens (tertiary/aromatic N) is 1. The molecule has 0 saturated heterocycles. The molecule has 0 radical (unpaired) electrons. The van der Waals surface area contributed by atoms with Crippen molar-refractivity contribution in [3.05, 3.63) is 67.6 Å². The summed E-state index contributed by atoms with van der Waals surface area (Å²) < 4.78 is 18.6.